The van der Waals surface area contributed by atoms with Gasteiger partial charge in [-0.3, -0.25) is 0 Å². The molecular weight excluding hydrogens is 236 g/mol. The number of aromatic nitrogens is 3. The number of pyridine rings is 1. The second kappa shape index (κ2) is 4.71. The lowest BCUT2D eigenvalue weighted by Crippen LogP contribution is -2.22. The summed E-state index contributed by atoms with van der Waals surface area (Å²) in [6, 6.07) is 3.46. The van der Waals surface area contributed by atoms with Crippen LogP contribution in [-0.2, 0) is 9.47 Å². The number of nitrogen functional groups attached to an aromatic ring is 1. The van der Waals surface area contributed by atoms with Gasteiger partial charge in [-0.05, 0) is 12.1 Å². The summed E-state index contributed by atoms with van der Waals surface area (Å²) in [6.45, 7) is 1.58. The number of anilines is 1. The van der Waals surface area contributed by atoms with Crippen LogP contribution in [0.5, 0.6) is 0 Å². The first-order valence-corrected chi connectivity index (χ1v) is 5.58. The molecule has 2 N–H and O–H groups in total. The third-order valence-corrected chi connectivity index (χ3v) is 2.58. The van der Waals surface area contributed by atoms with Crippen molar-refractivity contribution < 1.29 is 14.0 Å². The van der Waals surface area contributed by atoms with Gasteiger partial charge in [0.2, 0.25) is 5.82 Å². The Morgan fingerprint density at radius 1 is 1.28 bits per heavy atom. The molecule has 0 bridgehead atoms. The smallest absolute Gasteiger partial charge is 0.259 e. The van der Waals surface area contributed by atoms with Crippen LogP contribution in [0.15, 0.2) is 22.9 Å². The number of ether oxygens (including phenoxy) is 2. The third kappa shape index (κ3) is 2.18. The van der Waals surface area contributed by atoms with E-state index >= 15 is 0 Å². The van der Waals surface area contributed by atoms with Crippen LogP contribution in [0, 0.1) is 0 Å². The molecule has 1 unspecified atom stereocenters. The number of nitrogens with two attached hydrogens (primary N) is 1. The standard InChI is InChI=1S/C11H12N4O3/c12-9-2-1-7(5-13-9)11-14-10(15-18-11)8-6-16-3-4-17-8/h1-2,5,8H,3-4,6H2,(H2,12,13). The highest BCUT2D eigenvalue weighted by Crippen LogP contribution is 2.22. The van der Waals surface area contributed by atoms with Gasteiger partial charge >= 0.3 is 0 Å². The van der Waals surface area contributed by atoms with Crippen LogP contribution in [0.4, 0.5) is 5.82 Å². The largest absolute Gasteiger partial charge is 0.384 e. The zero-order valence-electron chi connectivity index (χ0n) is 9.57. The molecule has 7 heteroatoms. The zero-order chi connectivity index (χ0) is 12.4. The van der Waals surface area contributed by atoms with Gasteiger partial charge in [0.25, 0.3) is 5.89 Å². The van der Waals surface area contributed by atoms with Gasteiger partial charge in [-0.2, -0.15) is 4.98 Å². The summed E-state index contributed by atoms with van der Waals surface area (Å²) < 4.78 is 15.9. The van der Waals surface area contributed by atoms with Gasteiger partial charge in [-0.15, -0.1) is 0 Å². The average molecular weight is 248 g/mol. The molecule has 1 fully saturated rings. The van der Waals surface area contributed by atoms with Gasteiger partial charge in [0.1, 0.15) is 11.9 Å². The van der Waals surface area contributed by atoms with Gasteiger partial charge in [0.15, 0.2) is 0 Å². The van der Waals surface area contributed by atoms with Gasteiger partial charge in [-0.25, -0.2) is 4.98 Å². The molecule has 1 aliphatic rings. The van der Waals surface area contributed by atoms with Crippen molar-refractivity contribution in [3.8, 4) is 11.5 Å². The van der Waals surface area contributed by atoms with Crippen LogP contribution in [0.1, 0.15) is 11.9 Å². The van der Waals surface area contributed by atoms with E-state index in [-0.39, 0.29) is 6.10 Å². The number of rotatable bonds is 2. The van der Waals surface area contributed by atoms with Crippen molar-refractivity contribution in [1.29, 1.82) is 0 Å². The maximum atomic E-state index is 5.51. The lowest BCUT2D eigenvalue weighted by atomic mass is 10.3. The van der Waals surface area contributed by atoms with Crippen LogP contribution < -0.4 is 5.73 Å². The Morgan fingerprint density at radius 3 is 2.94 bits per heavy atom. The highest BCUT2D eigenvalue weighted by atomic mass is 16.6. The van der Waals surface area contributed by atoms with Crippen LogP contribution in [0.3, 0.4) is 0 Å². The number of hydrogen-bond acceptors (Lipinski definition) is 7. The maximum Gasteiger partial charge on any atom is 0.259 e. The molecule has 2 aromatic rings. The Morgan fingerprint density at radius 2 is 2.22 bits per heavy atom. The monoisotopic (exact) mass is 248 g/mol. The second-order valence-corrected chi connectivity index (χ2v) is 3.86. The molecule has 1 saturated heterocycles. The molecule has 1 aliphatic heterocycles. The van der Waals surface area contributed by atoms with Gasteiger partial charge in [0, 0.05) is 6.20 Å². The molecule has 0 spiro atoms. The number of hydrogen-bond donors (Lipinski definition) is 1. The highest BCUT2D eigenvalue weighted by molar-refractivity contribution is 5.53. The second-order valence-electron chi connectivity index (χ2n) is 3.86. The SMILES string of the molecule is Nc1ccc(-c2nc(C3COCCO3)no2)cn1. The predicted molar refractivity (Wildman–Crippen MR) is 61.5 cm³/mol. The lowest BCUT2D eigenvalue weighted by Gasteiger charge is -2.19. The fourth-order valence-corrected chi connectivity index (χ4v) is 1.65. The van der Waals surface area contributed by atoms with Crippen molar-refractivity contribution in [2.75, 3.05) is 25.6 Å². The lowest BCUT2D eigenvalue weighted by molar-refractivity contribution is -0.0941. The summed E-state index contributed by atoms with van der Waals surface area (Å²) in [5.74, 6) is 1.33. The average Bonchev–Trinajstić information content (AvgIpc) is 2.90. The summed E-state index contributed by atoms with van der Waals surface area (Å²) in [4.78, 5) is 8.24. The van der Waals surface area contributed by atoms with E-state index in [0.717, 1.165) is 5.56 Å². The van der Waals surface area contributed by atoms with Crippen molar-refractivity contribution in [3.05, 3.63) is 24.2 Å². The molecule has 0 aliphatic carbocycles. The normalized spacial score (nSPS) is 19.9. The number of nitrogens with zero attached hydrogens (tertiary/aromatic N) is 3. The van der Waals surface area contributed by atoms with E-state index in [9.17, 15) is 0 Å². The minimum atomic E-state index is -0.266. The van der Waals surface area contributed by atoms with E-state index in [1.54, 1.807) is 18.3 Å². The molecule has 3 heterocycles. The minimum absolute atomic E-state index is 0.266. The van der Waals surface area contributed by atoms with Crippen molar-refractivity contribution in [1.82, 2.24) is 15.1 Å². The van der Waals surface area contributed by atoms with Crippen LogP contribution in [0.25, 0.3) is 11.5 Å². The van der Waals surface area contributed by atoms with Crippen LogP contribution >= 0.6 is 0 Å². The molecule has 7 nitrogen and oxygen atoms in total. The van der Waals surface area contributed by atoms with Crippen molar-refractivity contribution in [3.63, 3.8) is 0 Å². The van der Waals surface area contributed by atoms with E-state index in [2.05, 4.69) is 15.1 Å². The Balaban J connectivity index is 1.82. The molecule has 18 heavy (non-hydrogen) atoms. The van der Waals surface area contributed by atoms with Gasteiger partial charge < -0.3 is 19.7 Å². The van der Waals surface area contributed by atoms with Crippen LogP contribution in [0.2, 0.25) is 0 Å². The first kappa shape index (κ1) is 11.1. The Kier molecular flexibility index (Phi) is 2.91. The van der Waals surface area contributed by atoms with E-state index < -0.39 is 0 Å². The first-order valence-electron chi connectivity index (χ1n) is 5.58. The van der Waals surface area contributed by atoms with Crippen molar-refractivity contribution >= 4 is 5.82 Å². The van der Waals surface area contributed by atoms with Gasteiger partial charge in [0.05, 0.1) is 25.4 Å². The van der Waals surface area contributed by atoms with Crippen LogP contribution in [-0.4, -0.2) is 34.9 Å². The minimum Gasteiger partial charge on any atom is -0.384 e. The van der Waals surface area contributed by atoms with Crippen molar-refractivity contribution in [2.24, 2.45) is 0 Å². The van der Waals surface area contributed by atoms with E-state index in [0.29, 0.717) is 37.4 Å². The molecule has 2 aromatic heterocycles. The molecule has 0 radical (unpaired) electrons. The molecular formula is C11H12N4O3. The molecule has 0 saturated carbocycles. The fourth-order valence-electron chi connectivity index (χ4n) is 1.65. The topological polar surface area (TPSA) is 96.3 Å². The summed E-state index contributed by atoms with van der Waals surface area (Å²) in [6.07, 6.45) is 1.32. The van der Waals surface area contributed by atoms with E-state index in [1.165, 1.54) is 0 Å². The summed E-state index contributed by atoms with van der Waals surface area (Å²) >= 11 is 0. The molecule has 3 rings (SSSR count). The summed E-state index contributed by atoms with van der Waals surface area (Å²) in [7, 11) is 0. The van der Waals surface area contributed by atoms with Gasteiger partial charge in [-0.1, -0.05) is 5.16 Å². The molecule has 1 atom stereocenters. The first-order chi connectivity index (χ1) is 8.83. The maximum absolute atomic E-state index is 5.51. The summed E-state index contributed by atoms with van der Waals surface area (Å²) in [5, 5.41) is 3.89. The van der Waals surface area contributed by atoms with E-state index in [1.807, 2.05) is 0 Å². The molecule has 94 valence electrons. The molecule has 0 aromatic carbocycles. The van der Waals surface area contributed by atoms with Crippen molar-refractivity contribution in [2.45, 2.75) is 6.10 Å². The Bertz CT molecular complexity index is 519. The summed E-state index contributed by atoms with van der Waals surface area (Å²) in [5.41, 5.74) is 6.23. The highest BCUT2D eigenvalue weighted by Gasteiger charge is 2.22. The Hall–Kier alpha value is -1.99. The third-order valence-electron chi connectivity index (χ3n) is 2.58. The quantitative estimate of drug-likeness (QED) is 0.839. The molecule has 0 amide bonds. The zero-order valence-corrected chi connectivity index (χ0v) is 9.57. The fraction of sp³-hybridized carbons (Fsp3) is 0.364. The Labute approximate surface area is 103 Å². The predicted octanol–water partition coefficient (Wildman–Crippen LogP) is 0.802. The van der Waals surface area contributed by atoms with E-state index in [4.69, 9.17) is 19.7 Å².